The summed E-state index contributed by atoms with van der Waals surface area (Å²) < 4.78 is 27.9. The summed E-state index contributed by atoms with van der Waals surface area (Å²) in [6.07, 6.45) is 0. The number of hydrogen-bond acceptors (Lipinski definition) is 14. The highest BCUT2D eigenvalue weighted by molar-refractivity contribution is 6.12. The summed E-state index contributed by atoms with van der Waals surface area (Å²) in [7, 11) is 1.27. The van der Waals surface area contributed by atoms with Crippen LogP contribution in [0.4, 0.5) is 5.69 Å². The minimum Gasteiger partial charge on any atom is -0.496 e. The van der Waals surface area contributed by atoms with Gasteiger partial charge in [-0.05, 0) is 89.2 Å². The van der Waals surface area contributed by atoms with E-state index >= 15 is 0 Å². The number of hydrogen-bond donors (Lipinski definition) is 0. The number of benzene rings is 2. The smallest absolute Gasteiger partial charge is 0.320 e. The highest BCUT2D eigenvalue weighted by Gasteiger charge is 2.35. The van der Waals surface area contributed by atoms with Gasteiger partial charge in [-0.15, -0.1) is 0 Å². The standard InChI is InChI=1S/C40H57N3O12/c1-37(2,3)52-30(44)22-41(23-31(45)53-38(4,5)6)20-27-19-28(35(48)26-17-15-14-16-18-26)34(43(49)50)29(36(27)51-13)21-42(24-32(46)54-39(7,8)9)25-33(47)55-40(10,11)12/h14-19H,20-25H2,1-13H3. The van der Waals surface area contributed by atoms with Gasteiger partial charge < -0.3 is 23.7 Å². The van der Waals surface area contributed by atoms with Gasteiger partial charge in [0, 0.05) is 24.2 Å². The molecule has 0 aliphatic heterocycles. The van der Waals surface area contributed by atoms with Gasteiger partial charge >= 0.3 is 23.9 Å². The van der Waals surface area contributed by atoms with E-state index in [2.05, 4.69) is 0 Å². The number of esters is 4. The van der Waals surface area contributed by atoms with Gasteiger partial charge in [0.15, 0.2) is 5.78 Å². The SMILES string of the molecule is COc1c(CN(CC(=O)OC(C)(C)C)CC(=O)OC(C)(C)C)cc(C(=O)c2ccccc2)c([N+](=O)[O-])c1CN(CC(=O)OC(C)(C)C)CC(=O)OC(C)(C)C. The van der Waals surface area contributed by atoms with Gasteiger partial charge in [0.1, 0.15) is 33.7 Å². The van der Waals surface area contributed by atoms with Crippen LogP contribution >= 0.6 is 0 Å². The molecule has 0 saturated heterocycles. The number of carbonyl (C=O) groups is 5. The molecule has 0 N–H and O–H groups in total. The third kappa shape index (κ3) is 16.6. The van der Waals surface area contributed by atoms with Crippen molar-refractivity contribution in [1.82, 2.24) is 9.80 Å². The Morgan fingerprint density at radius 2 is 0.982 bits per heavy atom. The molecule has 15 nitrogen and oxygen atoms in total. The van der Waals surface area contributed by atoms with Gasteiger partial charge in [0.05, 0.1) is 43.8 Å². The predicted molar refractivity (Wildman–Crippen MR) is 203 cm³/mol. The van der Waals surface area contributed by atoms with Crippen molar-refractivity contribution in [2.45, 2.75) is 119 Å². The Morgan fingerprint density at radius 3 is 1.31 bits per heavy atom. The number of carbonyl (C=O) groups excluding carboxylic acids is 5. The molecule has 15 heteroatoms. The fraction of sp³-hybridized carbons (Fsp3) is 0.575. The molecule has 0 heterocycles. The fourth-order valence-corrected chi connectivity index (χ4v) is 5.44. The van der Waals surface area contributed by atoms with Crippen LogP contribution in [0.1, 0.15) is 110 Å². The maximum Gasteiger partial charge on any atom is 0.320 e. The van der Waals surface area contributed by atoms with Crippen LogP contribution in [0, 0.1) is 10.1 Å². The summed E-state index contributed by atoms with van der Waals surface area (Å²) in [6, 6.07) is 9.20. The molecule has 0 spiro atoms. The molecule has 0 radical (unpaired) electrons. The number of nitrogens with zero attached hydrogens (tertiary/aromatic N) is 3. The molecule has 2 aromatic carbocycles. The van der Waals surface area contributed by atoms with Gasteiger partial charge in [-0.1, -0.05) is 30.3 Å². The van der Waals surface area contributed by atoms with Crippen molar-refractivity contribution in [2.24, 2.45) is 0 Å². The van der Waals surface area contributed by atoms with Crippen LogP contribution in [0.5, 0.6) is 5.75 Å². The van der Waals surface area contributed by atoms with Gasteiger partial charge in [-0.25, -0.2) is 0 Å². The zero-order chi connectivity index (χ0) is 42.1. The monoisotopic (exact) mass is 771 g/mol. The van der Waals surface area contributed by atoms with Gasteiger partial charge in [0.25, 0.3) is 5.69 Å². The number of methoxy groups -OCH3 is 1. The van der Waals surface area contributed by atoms with Crippen LogP contribution in [-0.2, 0) is 51.2 Å². The van der Waals surface area contributed by atoms with E-state index in [1.807, 2.05) is 0 Å². The average Bonchev–Trinajstić information content (AvgIpc) is 2.96. The second kappa shape index (κ2) is 18.6. The number of ether oxygens (including phenoxy) is 5. The van der Waals surface area contributed by atoms with Crippen molar-refractivity contribution in [3.63, 3.8) is 0 Å². The van der Waals surface area contributed by atoms with Crippen LogP contribution in [-0.4, -0.2) is 100 Å². The zero-order valence-electron chi connectivity index (χ0n) is 34.4. The number of nitro groups is 1. The van der Waals surface area contributed by atoms with Crippen molar-refractivity contribution in [2.75, 3.05) is 33.3 Å². The van der Waals surface area contributed by atoms with Crippen molar-refractivity contribution in [1.29, 1.82) is 0 Å². The Morgan fingerprint density at radius 1 is 0.618 bits per heavy atom. The number of rotatable bonds is 16. The third-order valence-corrected chi connectivity index (χ3v) is 6.96. The molecule has 0 fully saturated rings. The molecule has 55 heavy (non-hydrogen) atoms. The molecule has 0 unspecified atom stereocenters. The van der Waals surface area contributed by atoms with Crippen molar-refractivity contribution >= 4 is 35.3 Å². The molecule has 0 aliphatic carbocycles. The molecule has 0 aliphatic rings. The first-order chi connectivity index (χ1) is 25.1. The summed E-state index contributed by atoms with van der Waals surface area (Å²) >= 11 is 0. The maximum atomic E-state index is 14.1. The Hall–Kier alpha value is -4.89. The highest BCUT2D eigenvalue weighted by Crippen LogP contribution is 2.39. The molecule has 0 saturated carbocycles. The van der Waals surface area contributed by atoms with Gasteiger partial charge in [-0.2, -0.15) is 0 Å². The fourth-order valence-electron chi connectivity index (χ4n) is 5.44. The van der Waals surface area contributed by atoms with Crippen LogP contribution in [0.15, 0.2) is 36.4 Å². The largest absolute Gasteiger partial charge is 0.496 e. The highest BCUT2D eigenvalue weighted by atomic mass is 16.6. The lowest BCUT2D eigenvalue weighted by Crippen LogP contribution is -2.40. The van der Waals surface area contributed by atoms with Crippen LogP contribution in [0.25, 0.3) is 0 Å². The Labute approximate surface area is 323 Å². The molecule has 2 aromatic rings. The van der Waals surface area contributed by atoms with E-state index in [0.717, 1.165) is 0 Å². The van der Waals surface area contributed by atoms with Gasteiger partial charge in [-0.3, -0.25) is 43.9 Å². The lowest BCUT2D eigenvalue weighted by molar-refractivity contribution is -0.386. The zero-order valence-corrected chi connectivity index (χ0v) is 34.4. The summed E-state index contributed by atoms with van der Waals surface area (Å²) in [6.45, 7) is 17.7. The molecule has 0 bridgehead atoms. The van der Waals surface area contributed by atoms with Crippen molar-refractivity contribution in [3.8, 4) is 5.75 Å². The van der Waals surface area contributed by atoms with Crippen molar-refractivity contribution in [3.05, 3.63) is 68.8 Å². The lowest BCUT2D eigenvalue weighted by Gasteiger charge is -2.28. The van der Waals surface area contributed by atoms with Gasteiger partial charge in [0.2, 0.25) is 0 Å². The van der Waals surface area contributed by atoms with E-state index in [9.17, 15) is 34.1 Å². The maximum absolute atomic E-state index is 14.1. The first-order valence-electron chi connectivity index (χ1n) is 17.9. The topological polar surface area (TPSA) is 181 Å². The lowest BCUT2D eigenvalue weighted by atomic mass is 9.94. The molecular formula is C40H57N3O12. The van der Waals surface area contributed by atoms with E-state index < -0.39 is 95.4 Å². The quantitative estimate of drug-likeness (QED) is 0.0656. The van der Waals surface area contributed by atoms with Crippen LogP contribution in [0.3, 0.4) is 0 Å². The molecule has 0 amide bonds. The Kier molecular flexibility index (Phi) is 15.7. The normalized spacial score (nSPS) is 12.3. The van der Waals surface area contributed by atoms with E-state index in [-0.39, 0.29) is 34.5 Å². The van der Waals surface area contributed by atoms with E-state index in [0.29, 0.717) is 0 Å². The average molecular weight is 772 g/mol. The summed E-state index contributed by atoms with van der Waals surface area (Å²) in [5, 5.41) is 13.0. The molecule has 304 valence electrons. The minimum absolute atomic E-state index is 0.0759. The second-order valence-electron chi connectivity index (χ2n) is 17.0. The molecule has 0 atom stereocenters. The molecule has 2 rings (SSSR count). The summed E-state index contributed by atoms with van der Waals surface area (Å²) in [5.41, 5.74) is -4.26. The third-order valence-electron chi connectivity index (χ3n) is 6.96. The summed E-state index contributed by atoms with van der Waals surface area (Å²) in [4.78, 5) is 81.6. The minimum atomic E-state index is -0.890. The first-order valence-corrected chi connectivity index (χ1v) is 17.9. The second-order valence-corrected chi connectivity index (χ2v) is 17.0. The molecule has 0 aromatic heterocycles. The Balaban J connectivity index is 2.91. The van der Waals surface area contributed by atoms with E-state index in [1.165, 1.54) is 35.1 Å². The molecular weight excluding hydrogens is 714 g/mol. The Bertz CT molecular complexity index is 1650. The summed E-state index contributed by atoms with van der Waals surface area (Å²) in [5.74, 6) is -3.56. The van der Waals surface area contributed by atoms with Crippen LogP contribution in [0.2, 0.25) is 0 Å². The number of ketones is 1. The predicted octanol–water partition coefficient (Wildman–Crippen LogP) is 5.81. The van der Waals surface area contributed by atoms with E-state index in [1.54, 1.807) is 101 Å². The van der Waals surface area contributed by atoms with Crippen molar-refractivity contribution < 1.29 is 52.6 Å². The number of nitro benzene ring substituents is 1. The van der Waals surface area contributed by atoms with Crippen LogP contribution < -0.4 is 4.74 Å². The van der Waals surface area contributed by atoms with E-state index in [4.69, 9.17) is 23.7 Å². The first kappa shape index (κ1) is 46.3.